The summed E-state index contributed by atoms with van der Waals surface area (Å²) < 4.78 is 2.13. The molecule has 0 N–H and O–H groups in total. The summed E-state index contributed by atoms with van der Waals surface area (Å²) >= 11 is 11.9. The highest BCUT2D eigenvalue weighted by molar-refractivity contribution is 6.36. The highest BCUT2D eigenvalue weighted by atomic mass is 35.5. The summed E-state index contributed by atoms with van der Waals surface area (Å²) in [6.07, 6.45) is 1.83. The van der Waals surface area contributed by atoms with Crippen molar-refractivity contribution in [2.45, 2.75) is 13.8 Å². The number of nitrogens with zero attached hydrogens (tertiary/aromatic N) is 2. The van der Waals surface area contributed by atoms with Crippen molar-refractivity contribution in [3.63, 3.8) is 0 Å². The third kappa shape index (κ3) is 2.60. The predicted molar refractivity (Wildman–Crippen MR) is 78.6 cm³/mol. The minimum Gasteiger partial charge on any atom is -0.352 e. The second-order valence-electron chi connectivity index (χ2n) is 4.24. The van der Waals surface area contributed by atoms with Crippen LogP contribution in [0, 0.1) is 13.8 Å². The first-order chi connectivity index (χ1) is 8.49. The molecule has 0 amide bonds. The Hall–Kier alpha value is -1.25. The van der Waals surface area contributed by atoms with Crippen molar-refractivity contribution in [3.05, 3.63) is 51.3 Å². The lowest BCUT2D eigenvalue weighted by atomic mass is 10.2. The molecule has 2 nitrogen and oxygen atoms in total. The van der Waals surface area contributed by atoms with Crippen molar-refractivity contribution in [2.75, 3.05) is 0 Å². The Morgan fingerprint density at radius 1 is 1.17 bits per heavy atom. The molecule has 0 radical (unpaired) electrons. The molecule has 0 saturated carbocycles. The average molecular weight is 281 g/mol. The van der Waals surface area contributed by atoms with Gasteiger partial charge in [0.2, 0.25) is 0 Å². The highest BCUT2D eigenvalue weighted by Crippen LogP contribution is 2.27. The molecule has 18 heavy (non-hydrogen) atoms. The normalized spacial score (nSPS) is 11.4. The Morgan fingerprint density at radius 2 is 1.89 bits per heavy atom. The minimum absolute atomic E-state index is 0.559. The molecule has 0 fully saturated rings. The van der Waals surface area contributed by atoms with Crippen molar-refractivity contribution in [3.8, 4) is 0 Å². The maximum atomic E-state index is 6.07. The first-order valence-corrected chi connectivity index (χ1v) is 6.36. The van der Waals surface area contributed by atoms with E-state index in [0.717, 1.165) is 11.3 Å². The van der Waals surface area contributed by atoms with E-state index in [1.54, 1.807) is 12.1 Å². The Bertz CT molecular complexity index is 612. The topological polar surface area (TPSA) is 17.3 Å². The Kier molecular flexibility index (Phi) is 3.79. The molecule has 0 atom stereocenters. The lowest BCUT2D eigenvalue weighted by Crippen LogP contribution is -1.93. The molecule has 0 unspecified atom stereocenters. The van der Waals surface area contributed by atoms with Gasteiger partial charge in [-0.2, -0.15) is 0 Å². The van der Waals surface area contributed by atoms with Gasteiger partial charge in [-0.1, -0.05) is 23.2 Å². The van der Waals surface area contributed by atoms with Crippen LogP contribution in [0.2, 0.25) is 10.0 Å². The van der Waals surface area contributed by atoms with E-state index in [0.29, 0.717) is 10.0 Å². The lowest BCUT2D eigenvalue weighted by molar-refractivity contribution is 0.843. The van der Waals surface area contributed by atoms with Crippen molar-refractivity contribution in [2.24, 2.45) is 12.0 Å². The third-order valence-electron chi connectivity index (χ3n) is 3.07. The second kappa shape index (κ2) is 5.17. The molecule has 0 aliphatic carbocycles. The van der Waals surface area contributed by atoms with Crippen LogP contribution in [0.5, 0.6) is 0 Å². The van der Waals surface area contributed by atoms with Crippen LogP contribution in [0.15, 0.2) is 29.3 Å². The van der Waals surface area contributed by atoms with Crippen LogP contribution in [0.25, 0.3) is 0 Å². The van der Waals surface area contributed by atoms with Gasteiger partial charge in [0, 0.05) is 35.2 Å². The summed E-state index contributed by atoms with van der Waals surface area (Å²) in [6, 6.07) is 7.39. The number of hydrogen-bond acceptors (Lipinski definition) is 1. The minimum atomic E-state index is 0.559. The van der Waals surface area contributed by atoms with E-state index in [1.165, 1.54) is 11.4 Å². The molecule has 0 bridgehead atoms. The summed E-state index contributed by atoms with van der Waals surface area (Å²) in [4.78, 5) is 4.40. The smallest absolute Gasteiger partial charge is 0.0817 e. The molecule has 2 aromatic rings. The van der Waals surface area contributed by atoms with Crippen LogP contribution in [0.3, 0.4) is 0 Å². The van der Waals surface area contributed by atoms with E-state index in [4.69, 9.17) is 23.2 Å². The molecular weight excluding hydrogens is 267 g/mol. The van der Waals surface area contributed by atoms with Gasteiger partial charge in [0.15, 0.2) is 0 Å². The van der Waals surface area contributed by atoms with Crippen molar-refractivity contribution >= 4 is 35.1 Å². The number of aryl methyl sites for hydroxylation is 1. The van der Waals surface area contributed by atoms with E-state index in [2.05, 4.69) is 29.5 Å². The Balaban J connectivity index is 2.33. The summed E-state index contributed by atoms with van der Waals surface area (Å²) in [6.45, 7) is 4.14. The van der Waals surface area contributed by atoms with Crippen LogP contribution in [0.1, 0.15) is 17.0 Å². The van der Waals surface area contributed by atoms with Gasteiger partial charge in [-0.05, 0) is 38.1 Å². The van der Waals surface area contributed by atoms with E-state index in [1.807, 2.05) is 19.3 Å². The summed E-state index contributed by atoms with van der Waals surface area (Å²) in [5.41, 5.74) is 4.21. The zero-order valence-corrected chi connectivity index (χ0v) is 12.0. The fraction of sp³-hybridized carbons (Fsp3) is 0.214. The molecule has 1 aromatic heterocycles. The van der Waals surface area contributed by atoms with Gasteiger partial charge in [-0.15, -0.1) is 0 Å². The van der Waals surface area contributed by atoms with Gasteiger partial charge >= 0.3 is 0 Å². The van der Waals surface area contributed by atoms with Crippen LogP contribution in [0.4, 0.5) is 5.69 Å². The number of aliphatic imine (C=N–C) groups is 1. The number of benzene rings is 1. The lowest BCUT2D eigenvalue weighted by Gasteiger charge is -2.00. The molecule has 0 aliphatic rings. The predicted octanol–water partition coefficient (Wildman–Crippen LogP) is 4.70. The van der Waals surface area contributed by atoms with E-state index in [-0.39, 0.29) is 0 Å². The van der Waals surface area contributed by atoms with Gasteiger partial charge in [-0.25, -0.2) is 0 Å². The van der Waals surface area contributed by atoms with Gasteiger partial charge in [0.05, 0.1) is 10.7 Å². The monoisotopic (exact) mass is 280 g/mol. The zero-order valence-electron chi connectivity index (χ0n) is 10.5. The van der Waals surface area contributed by atoms with Crippen molar-refractivity contribution < 1.29 is 0 Å². The molecule has 1 aromatic carbocycles. The largest absolute Gasteiger partial charge is 0.352 e. The highest BCUT2D eigenvalue weighted by Gasteiger charge is 2.04. The number of hydrogen-bond donors (Lipinski definition) is 0. The SMILES string of the molecule is Cc1cc(C=Nc2ccc(Cl)cc2Cl)c(C)n1C. The van der Waals surface area contributed by atoms with Crippen LogP contribution in [-0.2, 0) is 7.05 Å². The fourth-order valence-electron chi connectivity index (χ4n) is 1.74. The van der Waals surface area contributed by atoms with Crippen LogP contribution < -0.4 is 0 Å². The van der Waals surface area contributed by atoms with Crippen LogP contribution in [-0.4, -0.2) is 10.8 Å². The maximum absolute atomic E-state index is 6.07. The molecule has 2 rings (SSSR count). The molecule has 1 heterocycles. The standard InChI is InChI=1S/C14H14Cl2N2/c1-9-6-11(10(2)18(9)3)8-17-14-5-4-12(15)7-13(14)16/h4-8H,1-3H3. The van der Waals surface area contributed by atoms with Crippen molar-refractivity contribution in [1.29, 1.82) is 0 Å². The van der Waals surface area contributed by atoms with Gasteiger partial charge in [0.1, 0.15) is 0 Å². The van der Waals surface area contributed by atoms with Crippen molar-refractivity contribution in [1.82, 2.24) is 4.57 Å². The summed E-state index contributed by atoms with van der Waals surface area (Å²) in [5, 5.41) is 1.18. The maximum Gasteiger partial charge on any atom is 0.0817 e. The zero-order chi connectivity index (χ0) is 13.3. The molecule has 0 saturated heterocycles. The van der Waals surface area contributed by atoms with E-state index in [9.17, 15) is 0 Å². The quantitative estimate of drug-likeness (QED) is 0.710. The second-order valence-corrected chi connectivity index (χ2v) is 5.08. The third-order valence-corrected chi connectivity index (χ3v) is 3.60. The van der Waals surface area contributed by atoms with Crippen LogP contribution >= 0.6 is 23.2 Å². The molecule has 94 valence electrons. The summed E-state index contributed by atoms with van der Waals surface area (Å²) in [7, 11) is 2.04. The van der Waals surface area contributed by atoms with Gasteiger partial charge < -0.3 is 4.57 Å². The average Bonchev–Trinajstić information content (AvgIpc) is 2.56. The van der Waals surface area contributed by atoms with E-state index < -0.39 is 0 Å². The number of halogens is 2. The molecular formula is C14H14Cl2N2. The van der Waals surface area contributed by atoms with E-state index >= 15 is 0 Å². The Labute approximate surface area is 117 Å². The van der Waals surface area contributed by atoms with Gasteiger partial charge in [-0.3, -0.25) is 4.99 Å². The van der Waals surface area contributed by atoms with Gasteiger partial charge in [0.25, 0.3) is 0 Å². The number of rotatable bonds is 2. The first-order valence-electron chi connectivity index (χ1n) is 5.61. The Morgan fingerprint density at radius 3 is 2.44 bits per heavy atom. The summed E-state index contributed by atoms with van der Waals surface area (Å²) in [5.74, 6) is 0. The molecule has 4 heteroatoms. The molecule has 0 aliphatic heterocycles. The first kappa shape index (κ1) is 13.2. The molecule has 0 spiro atoms. The number of aromatic nitrogens is 1. The fourth-order valence-corrected chi connectivity index (χ4v) is 2.20.